The highest BCUT2D eigenvalue weighted by Crippen LogP contribution is 2.09. The number of nitrogens with zero attached hydrogens (tertiary/aromatic N) is 4. The molecule has 0 bridgehead atoms. The second-order valence-corrected chi connectivity index (χ2v) is 8.66. The number of amidine groups is 1. The Kier molecular flexibility index (Phi) is 9.45. The zero-order valence-electron chi connectivity index (χ0n) is 20.1. The number of piperazine rings is 2. The van der Waals surface area contributed by atoms with E-state index < -0.39 is 35.9 Å². The largest absolute Gasteiger partial charge is 0.481 e. The Morgan fingerprint density at radius 3 is 2.11 bits per heavy atom. The molecule has 1 atom stereocenters. The van der Waals surface area contributed by atoms with Crippen LogP contribution in [0.15, 0.2) is 30.3 Å². The second kappa shape index (κ2) is 12.7. The summed E-state index contributed by atoms with van der Waals surface area (Å²) in [5.74, 6) is -1.82. The molecule has 2 heterocycles. The number of nitrogens with two attached hydrogens (primary N) is 1. The lowest BCUT2D eigenvalue weighted by molar-refractivity contribution is -0.138. The predicted molar refractivity (Wildman–Crippen MR) is 129 cm³/mol. The van der Waals surface area contributed by atoms with Crippen LogP contribution in [-0.4, -0.2) is 119 Å². The van der Waals surface area contributed by atoms with Crippen molar-refractivity contribution in [2.45, 2.75) is 19.1 Å². The van der Waals surface area contributed by atoms with Gasteiger partial charge >= 0.3 is 18.1 Å². The summed E-state index contributed by atoms with van der Waals surface area (Å²) < 4.78 is 5.33. The third-order valence-corrected chi connectivity index (χ3v) is 6.18. The Bertz CT molecular complexity index is 944. The van der Waals surface area contributed by atoms with Gasteiger partial charge in [-0.25, -0.2) is 9.59 Å². The lowest BCUT2D eigenvalue weighted by atomic mass is 10.2. The molecule has 2 aliphatic heterocycles. The molecule has 0 aromatic heterocycles. The minimum absolute atomic E-state index is 0.0259. The van der Waals surface area contributed by atoms with E-state index >= 15 is 0 Å². The van der Waals surface area contributed by atoms with Gasteiger partial charge in [0.05, 0.1) is 6.42 Å². The molecule has 0 spiro atoms. The van der Waals surface area contributed by atoms with Crippen molar-refractivity contribution in [2.75, 3.05) is 58.9 Å². The molecule has 3 rings (SSSR count). The molecule has 0 radical (unpaired) electrons. The van der Waals surface area contributed by atoms with Crippen LogP contribution in [0.5, 0.6) is 0 Å². The number of benzene rings is 1. The van der Waals surface area contributed by atoms with Gasteiger partial charge in [-0.2, -0.15) is 0 Å². The molecule has 2 aliphatic rings. The van der Waals surface area contributed by atoms with Crippen molar-refractivity contribution in [1.82, 2.24) is 24.9 Å². The first-order valence-corrected chi connectivity index (χ1v) is 11.8. The summed E-state index contributed by atoms with van der Waals surface area (Å²) in [6.45, 7) is 3.30. The summed E-state index contributed by atoms with van der Waals surface area (Å²) in [7, 11) is 0. The van der Waals surface area contributed by atoms with Crippen molar-refractivity contribution in [3.05, 3.63) is 35.9 Å². The smallest absolute Gasteiger partial charge is 0.410 e. The van der Waals surface area contributed by atoms with Gasteiger partial charge in [-0.3, -0.25) is 19.9 Å². The van der Waals surface area contributed by atoms with Gasteiger partial charge in [0.2, 0.25) is 0 Å². The Labute approximate surface area is 209 Å². The number of nitrogens with one attached hydrogen (secondary N) is 2. The fraction of sp³-hybridized carbons (Fsp3) is 0.522. The molecule has 1 unspecified atom stereocenters. The third-order valence-electron chi connectivity index (χ3n) is 6.18. The van der Waals surface area contributed by atoms with Gasteiger partial charge in [0.15, 0.2) is 6.04 Å². The highest BCUT2D eigenvalue weighted by molar-refractivity contribution is 6.07. The van der Waals surface area contributed by atoms with Crippen LogP contribution in [0.25, 0.3) is 0 Å². The van der Waals surface area contributed by atoms with E-state index in [1.54, 1.807) is 0 Å². The fourth-order valence-corrected chi connectivity index (χ4v) is 4.02. The van der Waals surface area contributed by atoms with Gasteiger partial charge in [-0.05, 0) is 5.56 Å². The number of urea groups is 1. The highest BCUT2D eigenvalue weighted by Gasteiger charge is 2.33. The monoisotopic (exact) mass is 503 g/mol. The molecule has 36 heavy (non-hydrogen) atoms. The van der Waals surface area contributed by atoms with E-state index in [-0.39, 0.29) is 39.2 Å². The zero-order valence-corrected chi connectivity index (χ0v) is 20.1. The van der Waals surface area contributed by atoms with E-state index in [2.05, 4.69) is 5.32 Å². The number of hydrogen-bond acceptors (Lipinski definition) is 7. The van der Waals surface area contributed by atoms with E-state index in [0.29, 0.717) is 32.7 Å². The Morgan fingerprint density at radius 2 is 1.53 bits per heavy atom. The van der Waals surface area contributed by atoms with Gasteiger partial charge < -0.3 is 35.6 Å². The maximum absolute atomic E-state index is 13.0. The van der Waals surface area contributed by atoms with Gasteiger partial charge in [0.25, 0.3) is 5.91 Å². The van der Waals surface area contributed by atoms with Crippen LogP contribution in [-0.2, 0) is 20.9 Å². The van der Waals surface area contributed by atoms with E-state index in [0.717, 1.165) is 5.56 Å². The molecule has 196 valence electrons. The first-order valence-electron chi connectivity index (χ1n) is 11.8. The number of amides is 4. The predicted octanol–water partition coefficient (Wildman–Crippen LogP) is -0.426. The van der Waals surface area contributed by atoms with E-state index in [4.69, 9.17) is 21.0 Å². The number of hydrogen-bond donors (Lipinski definition) is 4. The van der Waals surface area contributed by atoms with Crippen molar-refractivity contribution < 1.29 is 29.0 Å². The molecule has 2 saturated heterocycles. The second-order valence-electron chi connectivity index (χ2n) is 8.66. The van der Waals surface area contributed by atoms with Crippen molar-refractivity contribution >= 4 is 29.8 Å². The molecule has 0 saturated carbocycles. The summed E-state index contributed by atoms with van der Waals surface area (Å²) in [6, 6.07) is 7.50. The summed E-state index contributed by atoms with van der Waals surface area (Å²) in [6.07, 6.45) is -0.434. The van der Waals surface area contributed by atoms with Gasteiger partial charge in [0, 0.05) is 58.9 Å². The molecular formula is C23H33N7O6. The molecular weight excluding hydrogens is 470 g/mol. The molecule has 0 aliphatic carbocycles. The molecule has 1 aromatic rings. The van der Waals surface area contributed by atoms with Crippen molar-refractivity contribution in [2.24, 2.45) is 5.73 Å². The van der Waals surface area contributed by atoms with Crippen LogP contribution in [0, 0.1) is 5.41 Å². The lowest BCUT2D eigenvalue weighted by Crippen LogP contribution is -2.61. The normalized spacial score (nSPS) is 17.3. The number of carboxylic acids is 1. The number of carbonyl (C=O) groups excluding carboxylic acids is 3. The Morgan fingerprint density at radius 1 is 0.944 bits per heavy atom. The standard InChI is InChI=1S/C23H33N7O6/c24-20(25)19(21(33)28-10-8-27(9-11-28)7-6-18(31)32)26-22(34)29-12-14-30(15-13-29)23(35)36-16-17-4-2-1-3-5-17/h1-5,19H,6-16H2,(H3,24,25)(H,26,34)(H,31,32). The number of carbonyl (C=O) groups is 4. The van der Waals surface area contributed by atoms with Crippen LogP contribution in [0.2, 0.25) is 0 Å². The van der Waals surface area contributed by atoms with Crippen LogP contribution >= 0.6 is 0 Å². The summed E-state index contributed by atoms with van der Waals surface area (Å²) in [4.78, 5) is 55.3. The van der Waals surface area contributed by atoms with Gasteiger partial charge in [0.1, 0.15) is 12.4 Å². The fourth-order valence-electron chi connectivity index (χ4n) is 4.02. The molecule has 5 N–H and O–H groups in total. The highest BCUT2D eigenvalue weighted by atomic mass is 16.6. The minimum atomic E-state index is -1.29. The van der Waals surface area contributed by atoms with Crippen LogP contribution < -0.4 is 11.1 Å². The maximum atomic E-state index is 13.0. The number of rotatable bonds is 8. The number of carboxylic acid groups (broad SMARTS) is 1. The Balaban J connectivity index is 1.44. The van der Waals surface area contributed by atoms with Crippen molar-refractivity contribution in [3.63, 3.8) is 0 Å². The van der Waals surface area contributed by atoms with Gasteiger partial charge in [-0.1, -0.05) is 30.3 Å². The first-order chi connectivity index (χ1) is 17.2. The minimum Gasteiger partial charge on any atom is -0.481 e. The molecule has 4 amide bonds. The van der Waals surface area contributed by atoms with Crippen LogP contribution in [0.3, 0.4) is 0 Å². The Hall–Kier alpha value is -3.87. The van der Waals surface area contributed by atoms with Gasteiger partial charge in [-0.15, -0.1) is 0 Å². The topological polar surface area (TPSA) is 173 Å². The number of aliphatic carboxylic acids is 1. The maximum Gasteiger partial charge on any atom is 0.410 e. The average molecular weight is 504 g/mol. The molecule has 2 fully saturated rings. The average Bonchev–Trinajstić information content (AvgIpc) is 2.89. The van der Waals surface area contributed by atoms with E-state index in [1.165, 1.54) is 14.7 Å². The summed E-state index contributed by atoms with van der Waals surface area (Å²) in [5.41, 5.74) is 6.51. The summed E-state index contributed by atoms with van der Waals surface area (Å²) in [5, 5.41) is 19.2. The first kappa shape index (κ1) is 26.7. The zero-order chi connectivity index (χ0) is 26.1. The third kappa shape index (κ3) is 7.57. The quantitative estimate of drug-likeness (QED) is 0.273. The van der Waals surface area contributed by atoms with E-state index in [9.17, 15) is 19.2 Å². The SMILES string of the molecule is N=C(N)C(NC(=O)N1CCN(C(=O)OCc2ccccc2)CC1)C(=O)N1CCN(CCC(=O)O)CC1. The van der Waals surface area contributed by atoms with Crippen molar-refractivity contribution in [3.8, 4) is 0 Å². The molecule has 13 nitrogen and oxygen atoms in total. The molecule has 13 heteroatoms. The van der Waals surface area contributed by atoms with E-state index in [1.807, 2.05) is 35.2 Å². The summed E-state index contributed by atoms with van der Waals surface area (Å²) >= 11 is 0. The lowest BCUT2D eigenvalue weighted by Gasteiger charge is -2.37. The molecule has 1 aromatic carbocycles. The van der Waals surface area contributed by atoms with Crippen LogP contribution in [0.4, 0.5) is 9.59 Å². The van der Waals surface area contributed by atoms with Crippen molar-refractivity contribution in [1.29, 1.82) is 5.41 Å². The number of ether oxygens (including phenoxy) is 1. The van der Waals surface area contributed by atoms with Crippen LogP contribution in [0.1, 0.15) is 12.0 Å².